The first-order chi connectivity index (χ1) is 10.9. The average molecular weight is 393 g/mol. The van der Waals surface area contributed by atoms with Crippen molar-refractivity contribution >= 4 is 58.0 Å². The monoisotopic (exact) mass is 391 g/mol. The maximum Gasteiger partial charge on any atom is 0.265 e. The fourth-order valence-electron chi connectivity index (χ4n) is 1.86. The Morgan fingerprint density at radius 2 is 1.78 bits per heavy atom. The van der Waals surface area contributed by atoms with Crippen LogP contribution >= 0.6 is 46.4 Å². The predicted molar refractivity (Wildman–Crippen MR) is 96.3 cm³/mol. The minimum atomic E-state index is -0.695. The van der Waals surface area contributed by atoms with Gasteiger partial charge in [0.05, 0.1) is 20.8 Å². The molecule has 0 saturated heterocycles. The van der Waals surface area contributed by atoms with E-state index in [-0.39, 0.29) is 5.91 Å². The molecule has 2 aromatic carbocycles. The number of halogens is 4. The Bertz CT molecular complexity index is 721. The summed E-state index contributed by atoms with van der Waals surface area (Å²) in [6, 6.07) is 9.82. The summed E-state index contributed by atoms with van der Waals surface area (Å²) in [6.07, 6.45) is -0.226. The number of amides is 1. The van der Waals surface area contributed by atoms with E-state index in [1.165, 1.54) is 12.1 Å². The van der Waals surface area contributed by atoms with Crippen LogP contribution in [0.5, 0.6) is 5.75 Å². The summed E-state index contributed by atoms with van der Waals surface area (Å²) >= 11 is 23.8. The van der Waals surface area contributed by atoms with E-state index in [0.717, 1.165) is 0 Å². The molecule has 1 N–H and O–H groups in total. The van der Waals surface area contributed by atoms with Gasteiger partial charge < -0.3 is 10.1 Å². The van der Waals surface area contributed by atoms with Gasteiger partial charge in [0.15, 0.2) is 6.10 Å². The van der Waals surface area contributed by atoms with Crippen LogP contribution in [0, 0.1) is 0 Å². The van der Waals surface area contributed by atoms with Crippen molar-refractivity contribution in [2.75, 3.05) is 5.32 Å². The summed E-state index contributed by atoms with van der Waals surface area (Å²) < 4.78 is 5.67. The molecule has 2 aromatic rings. The minimum Gasteiger partial charge on any atom is -0.481 e. The molecule has 0 aromatic heterocycles. The first-order valence-corrected chi connectivity index (χ1v) is 8.29. The summed E-state index contributed by atoms with van der Waals surface area (Å²) in [5, 5.41) is 4.14. The van der Waals surface area contributed by atoms with Gasteiger partial charge in [0.25, 0.3) is 5.91 Å². The first-order valence-electron chi connectivity index (χ1n) is 6.78. The molecule has 1 amide bonds. The van der Waals surface area contributed by atoms with Crippen molar-refractivity contribution in [2.45, 2.75) is 19.4 Å². The van der Waals surface area contributed by atoms with Gasteiger partial charge in [0, 0.05) is 5.02 Å². The molecule has 0 aliphatic carbocycles. The van der Waals surface area contributed by atoms with Gasteiger partial charge >= 0.3 is 0 Å². The highest BCUT2D eigenvalue weighted by Crippen LogP contribution is 2.32. The van der Waals surface area contributed by atoms with E-state index in [4.69, 9.17) is 51.1 Å². The van der Waals surface area contributed by atoms with Crippen molar-refractivity contribution in [1.29, 1.82) is 0 Å². The molecule has 0 aliphatic rings. The third kappa shape index (κ3) is 4.92. The highest BCUT2D eigenvalue weighted by Gasteiger charge is 2.20. The number of hydrogen-bond acceptors (Lipinski definition) is 2. The fourth-order valence-corrected chi connectivity index (χ4v) is 2.63. The molecule has 23 heavy (non-hydrogen) atoms. The van der Waals surface area contributed by atoms with Crippen molar-refractivity contribution in [3.63, 3.8) is 0 Å². The lowest BCUT2D eigenvalue weighted by molar-refractivity contribution is -0.122. The number of nitrogens with one attached hydrogen (secondary N) is 1. The van der Waals surface area contributed by atoms with Crippen molar-refractivity contribution < 1.29 is 9.53 Å². The zero-order chi connectivity index (χ0) is 17.0. The third-order valence-electron chi connectivity index (χ3n) is 3.01. The van der Waals surface area contributed by atoms with E-state index in [9.17, 15) is 4.79 Å². The Labute approximate surface area is 154 Å². The van der Waals surface area contributed by atoms with Crippen LogP contribution in [0.15, 0.2) is 36.4 Å². The second kappa shape index (κ2) is 8.11. The number of carbonyl (C=O) groups is 1. The van der Waals surface area contributed by atoms with Crippen LogP contribution in [0.2, 0.25) is 20.1 Å². The molecule has 0 aliphatic heterocycles. The van der Waals surface area contributed by atoms with Gasteiger partial charge in [0.1, 0.15) is 5.75 Å². The lowest BCUT2D eigenvalue weighted by atomic mass is 10.2. The molecule has 0 saturated carbocycles. The van der Waals surface area contributed by atoms with Gasteiger partial charge in [-0.2, -0.15) is 0 Å². The van der Waals surface area contributed by atoms with E-state index in [2.05, 4.69) is 5.32 Å². The second-order valence-corrected chi connectivity index (χ2v) is 6.37. The largest absolute Gasteiger partial charge is 0.481 e. The van der Waals surface area contributed by atoms with E-state index in [1.807, 2.05) is 6.92 Å². The van der Waals surface area contributed by atoms with Crippen LogP contribution in [0.1, 0.15) is 13.3 Å². The zero-order valence-corrected chi connectivity index (χ0v) is 15.1. The molecule has 122 valence electrons. The van der Waals surface area contributed by atoms with E-state index in [0.29, 0.717) is 37.9 Å². The van der Waals surface area contributed by atoms with Gasteiger partial charge in [-0.1, -0.05) is 59.4 Å². The summed E-state index contributed by atoms with van der Waals surface area (Å²) in [5.74, 6) is 0.174. The van der Waals surface area contributed by atoms with Crippen LogP contribution in [-0.2, 0) is 4.79 Å². The molecule has 3 nitrogen and oxygen atoms in total. The Morgan fingerprint density at radius 3 is 2.43 bits per heavy atom. The molecule has 0 fully saturated rings. The van der Waals surface area contributed by atoms with Crippen LogP contribution in [0.3, 0.4) is 0 Å². The average Bonchev–Trinajstić information content (AvgIpc) is 2.50. The predicted octanol–water partition coefficient (Wildman–Crippen LogP) is 6.10. The smallest absolute Gasteiger partial charge is 0.265 e. The van der Waals surface area contributed by atoms with Gasteiger partial charge in [-0.15, -0.1) is 0 Å². The number of benzene rings is 2. The van der Waals surface area contributed by atoms with Gasteiger partial charge in [-0.3, -0.25) is 4.79 Å². The standard InChI is InChI=1S/C16H13Cl4NO2/c1-2-15(23-10-5-3-4-9(17)6-10)16(22)21-14-8-12(19)11(18)7-13(14)20/h3-8,15H,2H2,1H3,(H,21,22)/t15-/m1/s1. The van der Waals surface area contributed by atoms with Gasteiger partial charge in [0.2, 0.25) is 0 Å². The first kappa shape index (κ1) is 18.2. The van der Waals surface area contributed by atoms with E-state index in [1.54, 1.807) is 24.3 Å². The number of rotatable bonds is 5. The highest BCUT2D eigenvalue weighted by atomic mass is 35.5. The molecular weight excluding hydrogens is 380 g/mol. The van der Waals surface area contributed by atoms with Gasteiger partial charge in [-0.25, -0.2) is 0 Å². The molecule has 2 rings (SSSR count). The molecule has 0 heterocycles. The summed E-state index contributed by atoms with van der Waals surface area (Å²) in [5.41, 5.74) is 0.374. The molecular formula is C16H13Cl4NO2. The van der Waals surface area contributed by atoms with Crippen molar-refractivity contribution in [3.05, 3.63) is 56.5 Å². The normalized spacial score (nSPS) is 11.9. The van der Waals surface area contributed by atoms with Crippen molar-refractivity contribution in [2.24, 2.45) is 0 Å². The summed E-state index contributed by atoms with van der Waals surface area (Å²) in [6.45, 7) is 1.84. The summed E-state index contributed by atoms with van der Waals surface area (Å²) in [4.78, 5) is 12.4. The lowest BCUT2D eigenvalue weighted by Gasteiger charge is -2.18. The number of ether oxygens (including phenoxy) is 1. The van der Waals surface area contributed by atoms with Crippen LogP contribution < -0.4 is 10.1 Å². The van der Waals surface area contributed by atoms with Crippen LogP contribution in [0.25, 0.3) is 0 Å². The SMILES string of the molecule is CC[C@@H](Oc1cccc(Cl)c1)C(=O)Nc1cc(Cl)c(Cl)cc1Cl. The quantitative estimate of drug-likeness (QED) is 0.624. The van der Waals surface area contributed by atoms with Crippen LogP contribution in [0.4, 0.5) is 5.69 Å². The third-order valence-corrected chi connectivity index (χ3v) is 4.28. The minimum absolute atomic E-state index is 0.297. The van der Waals surface area contributed by atoms with E-state index < -0.39 is 6.10 Å². The van der Waals surface area contributed by atoms with Crippen LogP contribution in [-0.4, -0.2) is 12.0 Å². The number of anilines is 1. The second-order valence-electron chi connectivity index (χ2n) is 4.71. The number of hydrogen-bond donors (Lipinski definition) is 1. The Morgan fingerprint density at radius 1 is 1.09 bits per heavy atom. The molecule has 1 atom stereocenters. The van der Waals surface area contributed by atoms with E-state index >= 15 is 0 Å². The lowest BCUT2D eigenvalue weighted by Crippen LogP contribution is -2.32. The fraction of sp³-hybridized carbons (Fsp3) is 0.188. The molecule has 0 spiro atoms. The van der Waals surface area contributed by atoms with Crippen molar-refractivity contribution in [1.82, 2.24) is 0 Å². The maximum absolute atomic E-state index is 12.4. The Kier molecular flexibility index (Phi) is 6.42. The molecule has 0 unspecified atom stereocenters. The molecule has 0 bridgehead atoms. The zero-order valence-electron chi connectivity index (χ0n) is 12.1. The molecule has 0 radical (unpaired) electrons. The number of carbonyl (C=O) groups excluding carboxylic acids is 1. The van der Waals surface area contributed by atoms with Crippen molar-refractivity contribution in [3.8, 4) is 5.75 Å². The Hall–Kier alpha value is -1.13. The Balaban J connectivity index is 2.13. The maximum atomic E-state index is 12.4. The summed E-state index contributed by atoms with van der Waals surface area (Å²) in [7, 11) is 0. The topological polar surface area (TPSA) is 38.3 Å². The van der Waals surface area contributed by atoms with Gasteiger partial charge in [-0.05, 0) is 36.8 Å². The highest BCUT2D eigenvalue weighted by molar-refractivity contribution is 6.44. The molecule has 7 heteroatoms.